The van der Waals surface area contributed by atoms with Gasteiger partial charge >= 0.3 is 5.97 Å². The molecule has 0 aliphatic heterocycles. The highest BCUT2D eigenvalue weighted by Gasteiger charge is 2.18. The molecule has 1 rings (SSSR count). The number of hydrogen-bond donors (Lipinski definition) is 1. The molecular weight excluding hydrogens is 338 g/mol. The Kier molecular flexibility index (Phi) is 5.61. The summed E-state index contributed by atoms with van der Waals surface area (Å²) in [5.41, 5.74) is 0.295. The van der Waals surface area contributed by atoms with E-state index in [2.05, 4.69) is 25.4 Å². The van der Waals surface area contributed by atoms with E-state index in [1.54, 1.807) is 19.1 Å². The SMILES string of the molecule is CCOC(=O)CS(=O)(=O)Nc1cc(OC)ccc1Br. The molecule has 0 spiro atoms. The van der Waals surface area contributed by atoms with Crippen LogP contribution in [0, 0.1) is 0 Å². The number of hydrogen-bond acceptors (Lipinski definition) is 5. The van der Waals surface area contributed by atoms with E-state index in [-0.39, 0.29) is 6.61 Å². The van der Waals surface area contributed by atoms with Crippen molar-refractivity contribution >= 4 is 37.6 Å². The number of rotatable bonds is 6. The maximum atomic E-state index is 11.8. The zero-order valence-electron chi connectivity index (χ0n) is 10.5. The van der Waals surface area contributed by atoms with Gasteiger partial charge in [-0.1, -0.05) is 0 Å². The molecule has 6 nitrogen and oxygen atoms in total. The van der Waals surface area contributed by atoms with Crippen LogP contribution in [0.15, 0.2) is 22.7 Å². The van der Waals surface area contributed by atoms with E-state index < -0.39 is 21.7 Å². The van der Waals surface area contributed by atoms with Crippen LogP contribution in [0.5, 0.6) is 5.75 Å². The van der Waals surface area contributed by atoms with Gasteiger partial charge < -0.3 is 9.47 Å². The van der Waals surface area contributed by atoms with E-state index in [0.29, 0.717) is 15.9 Å². The molecule has 0 bridgehead atoms. The highest BCUT2D eigenvalue weighted by atomic mass is 79.9. The molecule has 0 aliphatic rings. The van der Waals surface area contributed by atoms with Crippen molar-refractivity contribution in [3.8, 4) is 5.75 Å². The van der Waals surface area contributed by atoms with Gasteiger partial charge in [-0.2, -0.15) is 0 Å². The molecule has 1 aromatic carbocycles. The molecule has 1 N–H and O–H groups in total. The van der Waals surface area contributed by atoms with Crippen LogP contribution in [-0.4, -0.2) is 33.9 Å². The first kappa shape index (κ1) is 15.8. The first-order valence-corrected chi connectivity index (χ1v) is 7.82. The van der Waals surface area contributed by atoms with Crippen molar-refractivity contribution < 1.29 is 22.7 Å². The number of carbonyl (C=O) groups is 1. The minimum Gasteiger partial charge on any atom is -0.497 e. The Morgan fingerprint density at radius 2 is 2.11 bits per heavy atom. The minimum absolute atomic E-state index is 0.136. The van der Waals surface area contributed by atoms with Crippen molar-refractivity contribution in [3.05, 3.63) is 22.7 Å². The number of methoxy groups -OCH3 is 1. The van der Waals surface area contributed by atoms with E-state index in [9.17, 15) is 13.2 Å². The lowest BCUT2D eigenvalue weighted by Gasteiger charge is -2.10. The third kappa shape index (κ3) is 5.07. The first-order valence-electron chi connectivity index (χ1n) is 5.37. The highest BCUT2D eigenvalue weighted by Crippen LogP contribution is 2.27. The van der Waals surface area contributed by atoms with Gasteiger partial charge in [0.1, 0.15) is 5.75 Å². The lowest BCUT2D eigenvalue weighted by Crippen LogP contribution is -2.24. The molecule has 0 saturated heterocycles. The van der Waals surface area contributed by atoms with Gasteiger partial charge in [0, 0.05) is 10.5 Å². The van der Waals surface area contributed by atoms with Crippen LogP contribution < -0.4 is 9.46 Å². The summed E-state index contributed by atoms with van der Waals surface area (Å²) < 4.78 is 36.0. The van der Waals surface area contributed by atoms with Gasteiger partial charge in [-0.25, -0.2) is 8.42 Å². The van der Waals surface area contributed by atoms with Crippen molar-refractivity contribution in [2.24, 2.45) is 0 Å². The largest absolute Gasteiger partial charge is 0.497 e. The monoisotopic (exact) mass is 351 g/mol. The van der Waals surface area contributed by atoms with E-state index in [1.807, 2.05) is 0 Å². The lowest BCUT2D eigenvalue weighted by atomic mass is 10.3. The molecule has 0 fully saturated rings. The van der Waals surface area contributed by atoms with Crippen molar-refractivity contribution in [3.63, 3.8) is 0 Å². The van der Waals surface area contributed by atoms with Gasteiger partial charge in [-0.15, -0.1) is 0 Å². The van der Waals surface area contributed by atoms with Crippen LogP contribution in [0.2, 0.25) is 0 Å². The Hall–Kier alpha value is -1.28. The maximum Gasteiger partial charge on any atom is 0.323 e. The van der Waals surface area contributed by atoms with E-state index in [4.69, 9.17) is 4.74 Å². The summed E-state index contributed by atoms with van der Waals surface area (Å²) in [5, 5.41) is 0. The van der Waals surface area contributed by atoms with E-state index in [1.165, 1.54) is 13.2 Å². The summed E-state index contributed by atoms with van der Waals surface area (Å²) >= 11 is 3.21. The van der Waals surface area contributed by atoms with Gasteiger partial charge in [-0.3, -0.25) is 9.52 Å². The zero-order valence-corrected chi connectivity index (χ0v) is 12.9. The molecule has 0 heterocycles. The average molecular weight is 352 g/mol. The predicted octanol–water partition coefficient (Wildman–Crippen LogP) is 1.76. The summed E-state index contributed by atoms with van der Waals surface area (Å²) in [5.74, 6) is -1.03. The number of esters is 1. The molecule has 0 aromatic heterocycles. The van der Waals surface area contributed by atoms with E-state index >= 15 is 0 Å². The van der Waals surface area contributed by atoms with Crippen LogP contribution >= 0.6 is 15.9 Å². The highest BCUT2D eigenvalue weighted by molar-refractivity contribution is 9.10. The van der Waals surface area contributed by atoms with Gasteiger partial charge in [0.25, 0.3) is 0 Å². The third-order valence-corrected chi connectivity index (χ3v) is 3.89. The fourth-order valence-corrected chi connectivity index (χ4v) is 2.72. The summed E-state index contributed by atoms with van der Waals surface area (Å²) in [7, 11) is -2.34. The minimum atomic E-state index is -3.81. The molecule has 0 unspecified atom stereocenters. The molecule has 0 aliphatic carbocycles. The second-order valence-electron chi connectivity index (χ2n) is 3.51. The van der Waals surface area contributed by atoms with Crippen molar-refractivity contribution in [1.82, 2.24) is 0 Å². The Morgan fingerprint density at radius 1 is 1.42 bits per heavy atom. The molecule has 1 aromatic rings. The number of anilines is 1. The molecule has 0 amide bonds. The fraction of sp³-hybridized carbons (Fsp3) is 0.364. The van der Waals surface area contributed by atoms with Crippen LogP contribution in [0.4, 0.5) is 5.69 Å². The molecule has 106 valence electrons. The molecular formula is C11H14BrNO5S. The molecule has 19 heavy (non-hydrogen) atoms. The molecule has 0 saturated carbocycles. The summed E-state index contributed by atoms with van der Waals surface area (Å²) in [4.78, 5) is 11.2. The summed E-state index contributed by atoms with van der Waals surface area (Å²) in [6, 6.07) is 4.82. The summed E-state index contributed by atoms with van der Waals surface area (Å²) in [6.45, 7) is 1.74. The molecule has 0 radical (unpaired) electrons. The van der Waals surface area contributed by atoms with Crippen LogP contribution in [-0.2, 0) is 19.6 Å². The number of halogens is 1. The van der Waals surface area contributed by atoms with E-state index in [0.717, 1.165) is 0 Å². The lowest BCUT2D eigenvalue weighted by molar-refractivity contribution is -0.139. The number of nitrogens with one attached hydrogen (secondary N) is 1. The number of benzene rings is 1. The Balaban J connectivity index is 2.86. The fourth-order valence-electron chi connectivity index (χ4n) is 1.27. The van der Waals surface area contributed by atoms with Crippen LogP contribution in [0.1, 0.15) is 6.92 Å². The Morgan fingerprint density at radius 3 is 2.68 bits per heavy atom. The topological polar surface area (TPSA) is 81.7 Å². The third-order valence-electron chi connectivity index (χ3n) is 2.05. The van der Waals surface area contributed by atoms with Gasteiger partial charge in [0.2, 0.25) is 10.0 Å². The number of ether oxygens (including phenoxy) is 2. The zero-order chi connectivity index (χ0) is 14.5. The predicted molar refractivity (Wildman–Crippen MR) is 74.7 cm³/mol. The van der Waals surface area contributed by atoms with Crippen molar-refractivity contribution in [2.45, 2.75) is 6.92 Å². The quantitative estimate of drug-likeness (QED) is 0.789. The van der Waals surface area contributed by atoms with Crippen LogP contribution in [0.3, 0.4) is 0 Å². The maximum absolute atomic E-state index is 11.8. The number of carbonyl (C=O) groups excluding carboxylic acids is 1. The standard InChI is InChI=1S/C11H14BrNO5S/c1-3-18-11(14)7-19(15,16)13-10-6-8(17-2)4-5-9(10)12/h4-6,13H,3,7H2,1-2H3. The second-order valence-corrected chi connectivity index (χ2v) is 6.09. The molecule has 0 atom stereocenters. The normalized spacial score (nSPS) is 10.9. The first-order chi connectivity index (χ1) is 8.88. The van der Waals surface area contributed by atoms with Gasteiger partial charge in [0.15, 0.2) is 5.75 Å². The number of sulfonamides is 1. The smallest absolute Gasteiger partial charge is 0.323 e. The Labute approximate surface area is 120 Å². The van der Waals surface area contributed by atoms with Gasteiger partial charge in [-0.05, 0) is 35.0 Å². The average Bonchev–Trinajstić information content (AvgIpc) is 2.31. The van der Waals surface area contributed by atoms with Crippen molar-refractivity contribution in [1.29, 1.82) is 0 Å². The molecule has 8 heteroatoms. The van der Waals surface area contributed by atoms with Gasteiger partial charge in [0.05, 0.1) is 19.4 Å². The van der Waals surface area contributed by atoms with Crippen LogP contribution in [0.25, 0.3) is 0 Å². The second kappa shape index (κ2) is 6.76. The van der Waals surface area contributed by atoms with Crippen molar-refractivity contribution in [2.75, 3.05) is 24.2 Å². The summed E-state index contributed by atoms with van der Waals surface area (Å²) in [6.07, 6.45) is 0. The Bertz CT molecular complexity index is 558.